The van der Waals surface area contributed by atoms with Crippen LogP contribution in [-0.2, 0) is 23.1 Å². The molecule has 0 saturated carbocycles. The Morgan fingerprint density at radius 1 is 0.895 bits per heavy atom. The lowest BCUT2D eigenvalue weighted by Crippen LogP contribution is -2.25. The van der Waals surface area contributed by atoms with Crippen molar-refractivity contribution in [2.75, 3.05) is 0 Å². The molecule has 3 rings (SSSR count). The zero-order valence-electron chi connectivity index (χ0n) is 10.7. The average molecular weight is 271 g/mol. The van der Waals surface area contributed by atoms with E-state index >= 15 is 0 Å². The summed E-state index contributed by atoms with van der Waals surface area (Å²) in [6, 6.07) is 14.9. The molecule has 0 atom stereocenters. The van der Waals surface area contributed by atoms with Crippen LogP contribution in [-0.4, -0.2) is 20.6 Å². The van der Waals surface area contributed by atoms with Crippen molar-refractivity contribution >= 4 is 23.3 Å². The van der Waals surface area contributed by atoms with Gasteiger partial charge in [0, 0.05) is 13.1 Å². The van der Waals surface area contributed by atoms with Gasteiger partial charge in [0.1, 0.15) is 7.85 Å². The van der Waals surface area contributed by atoms with Crippen LogP contribution in [0.2, 0.25) is 0 Å². The highest BCUT2D eigenvalue weighted by Gasteiger charge is 2.30. The van der Waals surface area contributed by atoms with Gasteiger partial charge in [-0.15, -0.1) is 0 Å². The zero-order valence-corrected chi connectivity index (χ0v) is 11.5. The molecule has 1 aliphatic rings. The topological polar surface area (TPSA) is 37.4 Å². The molecule has 0 radical (unpaired) electrons. The van der Waals surface area contributed by atoms with Crippen LogP contribution in [0.3, 0.4) is 0 Å². The van der Waals surface area contributed by atoms with E-state index in [0.29, 0.717) is 18.0 Å². The average Bonchev–Trinajstić information content (AvgIpc) is 2.83. The summed E-state index contributed by atoms with van der Waals surface area (Å²) in [6.07, 6.45) is 0. The van der Waals surface area contributed by atoms with E-state index in [1.165, 1.54) is 4.31 Å². The number of rotatable bonds is 2. The molecule has 0 spiro atoms. The third kappa shape index (κ3) is 2.20. The van der Waals surface area contributed by atoms with Gasteiger partial charge in [-0.3, -0.25) is 0 Å². The summed E-state index contributed by atoms with van der Waals surface area (Å²) in [4.78, 5) is 0.367. The maximum Gasteiger partial charge on any atom is 0.243 e. The predicted octanol–water partition coefficient (Wildman–Crippen LogP) is 0.649. The van der Waals surface area contributed by atoms with Gasteiger partial charge in [0.15, 0.2) is 0 Å². The van der Waals surface area contributed by atoms with Crippen molar-refractivity contribution in [1.82, 2.24) is 4.31 Å². The highest BCUT2D eigenvalue weighted by molar-refractivity contribution is 7.89. The Labute approximate surface area is 114 Å². The maximum absolute atomic E-state index is 12.5. The summed E-state index contributed by atoms with van der Waals surface area (Å²) in [6.45, 7) is 0.929. The van der Waals surface area contributed by atoms with Crippen molar-refractivity contribution in [3.05, 3.63) is 59.7 Å². The molecule has 19 heavy (non-hydrogen) atoms. The monoisotopic (exact) mass is 271 g/mol. The standard InChI is InChI=1S/C14H14BNO2S/c15-13-5-7-14(8-6-13)19(17,18)16-9-11-3-1-2-4-12(11)10-16/h1-8H,9-10,15H2. The molecule has 1 heterocycles. The molecule has 0 fully saturated rings. The van der Waals surface area contributed by atoms with Crippen LogP contribution in [0.5, 0.6) is 0 Å². The number of benzene rings is 2. The van der Waals surface area contributed by atoms with E-state index in [9.17, 15) is 8.42 Å². The van der Waals surface area contributed by atoms with E-state index in [0.717, 1.165) is 16.6 Å². The van der Waals surface area contributed by atoms with Crippen molar-refractivity contribution < 1.29 is 8.42 Å². The second-order valence-corrected chi connectivity index (χ2v) is 6.79. The fraction of sp³-hybridized carbons (Fsp3) is 0.143. The lowest BCUT2D eigenvalue weighted by atomic mass is 9.97. The highest BCUT2D eigenvalue weighted by Crippen LogP contribution is 2.27. The Bertz CT molecular complexity index is 685. The predicted molar refractivity (Wildman–Crippen MR) is 77.5 cm³/mol. The van der Waals surface area contributed by atoms with Gasteiger partial charge in [-0.1, -0.05) is 41.9 Å². The molecule has 0 saturated heterocycles. The van der Waals surface area contributed by atoms with Crippen molar-refractivity contribution in [2.45, 2.75) is 18.0 Å². The molecular formula is C14H14BNO2S. The number of hydrogen-bond donors (Lipinski definition) is 0. The quantitative estimate of drug-likeness (QED) is 0.752. The van der Waals surface area contributed by atoms with Crippen LogP contribution in [0.25, 0.3) is 0 Å². The molecule has 3 nitrogen and oxygen atoms in total. The van der Waals surface area contributed by atoms with E-state index in [2.05, 4.69) is 0 Å². The number of sulfonamides is 1. The van der Waals surface area contributed by atoms with Gasteiger partial charge in [0.2, 0.25) is 10.0 Å². The Morgan fingerprint density at radius 2 is 1.42 bits per heavy atom. The Balaban J connectivity index is 1.94. The Hall–Kier alpha value is -1.59. The second-order valence-electron chi connectivity index (χ2n) is 4.85. The fourth-order valence-electron chi connectivity index (χ4n) is 2.33. The van der Waals surface area contributed by atoms with Crippen molar-refractivity contribution in [2.24, 2.45) is 0 Å². The minimum atomic E-state index is -3.39. The number of hydrogen-bond acceptors (Lipinski definition) is 2. The molecule has 0 aliphatic carbocycles. The first kappa shape index (κ1) is 12.4. The van der Waals surface area contributed by atoms with Crippen LogP contribution in [0.4, 0.5) is 0 Å². The number of nitrogens with zero attached hydrogens (tertiary/aromatic N) is 1. The molecular weight excluding hydrogens is 257 g/mol. The summed E-state index contributed by atoms with van der Waals surface area (Å²) in [7, 11) is -1.44. The fourth-order valence-corrected chi connectivity index (χ4v) is 3.73. The first-order chi connectivity index (χ1) is 9.07. The molecule has 0 aromatic heterocycles. The van der Waals surface area contributed by atoms with Crippen LogP contribution >= 0.6 is 0 Å². The smallest absolute Gasteiger partial charge is 0.207 e. The molecule has 0 unspecified atom stereocenters. The Morgan fingerprint density at radius 3 is 1.95 bits per heavy atom. The van der Waals surface area contributed by atoms with E-state index in [1.54, 1.807) is 12.1 Å². The van der Waals surface area contributed by atoms with E-state index in [-0.39, 0.29) is 0 Å². The van der Waals surface area contributed by atoms with Crippen LogP contribution in [0, 0.1) is 0 Å². The molecule has 0 amide bonds. The summed E-state index contributed by atoms with van der Waals surface area (Å²) in [5.41, 5.74) is 3.25. The molecule has 5 heteroatoms. The van der Waals surface area contributed by atoms with Gasteiger partial charge in [0.25, 0.3) is 0 Å². The van der Waals surface area contributed by atoms with Crippen LogP contribution < -0.4 is 5.46 Å². The largest absolute Gasteiger partial charge is 0.243 e. The molecule has 1 aliphatic heterocycles. The van der Waals surface area contributed by atoms with E-state index < -0.39 is 10.0 Å². The molecule has 2 aromatic carbocycles. The van der Waals surface area contributed by atoms with Gasteiger partial charge in [-0.05, 0) is 23.3 Å². The molecule has 0 N–H and O–H groups in total. The lowest BCUT2D eigenvalue weighted by Gasteiger charge is -2.15. The van der Waals surface area contributed by atoms with Gasteiger partial charge in [0.05, 0.1) is 4.90 Å². The van der Waals surface area contributed by atoms with Gasteiger partial charge in [-0.25, -0.2) is 8.42 Å². The summed E-state index contributed by atoms with van der Waals surface area (Å²) >= 11 is 0. The highest BCUT2D eigenvalue weighted by atomic mass is 32.2. The summed E-state index contributed by atoms with van der Waals surface area (Å²) in [5, 5.41) is 0. The van der Waals surface area contributed by atoms with E-state index in [1.807, 2.05) is 44.2 Å². The third-order valence-corrected chi connectivity index (χ3v) is 5.28. The first-order valence-electron chi connectivity index (χ1n) is 6.21. The van der Waals surface area contributed by atoms with Crippen molar-refractivity contribution in [1.29, 1.82) is 0 Å². The maximum atomic E-state index is 12.5. The van der Waals surface area contributed by atoms with Crippen LogP contribution in [0.1, 0.15) is 11.1 Å². The van der Waals surface area contributed by atoms with Crippen LogP contribution in [0.15, 0.2) is 53.4 Å². The number of fused-ring (bicyclic) bond motifs is 1. The zero-order chi connectivity index (χ0) is 13.5. The second kappa shape index (κ2) is 4.51. The first-order valence-corrected chi connectivity index (χ1v) is 7.65. The van der Waals surface area contributed by atoms with Crippen molar-refractivity contribution in [3.8, 4) is 0 Å². The molecule has 0 bridgehead atoms. The third-order valence-electron chi connectivity index (χ3n) is 3.47. The SMILES string of the molecule is Bc1ccc(S(=O)(=O)N2Cc3ccccc3C2)cc1. The van der Waals surface area contributed by atoms with E-state index in [4.69, 9.17) is 0 Å². The van der Waals surface area contributed by atoms with Crippen molar-refractivity contribution in [3.63, 3.8) is 0 Å². The minimum Gasteiger partial charge on any atom is -0.207 e. The normalized spacial score (nSPS) is 15.4. The Kier molecular flexibility index (Phi) is 2.95. The van der Waals surface area contributed by atoms with Gasteiger partial charge in [-0.2, -0.15) is 4.31 Å². The van der Waals surface area contributed by atoms with Gasteiger partial charge >= 0.3 is 0 Å². The molecule has 96 valence electrons. The molecule has 2 aromatic rings. The minimum absolute atomic E-state index is 0.367. The summed E-state index contributed by atoms with van der Waals surface area (Å²) < 4.78 is 26.6. The lowest BCUT2D eigenvalue weighted by molar-refractivity contribution is 0.431. The van der Waals surface area contributed by atoms with Gasteiger partial charge < -0.3 is 0 Å². The summed E-state index contributed by atoms with van der Waals surface area (Å²) in [5.74, 6) is 0.